The molecule has 1 N–H and O–H groups in total. The molecule has 0 saturated carbocycles. The first kappa shape index (κ1) is 17.2. The second-order valence-electron chi connectivity index (χ2n) is 6.28. The number of hydrogen-bond donors (Lipinski definition) is 1. The fraction of sp³-hybridized carbons (Fsp3) is 0.529. The van der Waals surface area contributed by atoms with Gasteiger partial charge in [-0.1, -0.05) is 37.3 Å². The van der Waals surface area contributed by atoms with Gasteiger partial charge in [-0.2, -0.15) is 0 Å². The smallest absolute Gasteiger partial charge is 0.242 e. The average molecular weight is 290 g/mol. The lowest BCUT2D eigenvalue weighted by Gasteiger charge is -2.31. The van der Waals surface area contributed by atoms with Crippen molar-refractivity contribution in [3.05, 3.63) is 35.9 Å². The number of amides is 2. The van der Waals surface area contributed by atoms with Gasteiger partial charge in [-0.05, 0) is 33.3 Å². The average Bonchev–Trinajstić information content (AvgIpc) is 2.42. The standard InChI is InChI=1S/C17H26N2O2/c1-6-15(20)19(12-14-10-8-7-9-11-14)13(2)16(21)18-17(3,4)5/h7-11,13H,6,12H2,1-5H3,(H,18,21)/t13-/m1/s1. The van der Waals surface area contributed by atoms with Crippen molar-refractivity contribution in [2.45, 2.75) is 59.2 Å². The van der Waals surface area contributed by atoms with E-state index in [1.54, 1.807) is 11.8 Å². The third-order valence-electron chi connectivity index (χ3n) is 3.16. The predicted octanol–water partition coefficient (Wildman–Crippen LogP) is 2.73. The van der Waals surface area contributed by atoms with Crippen LogP contribution in [-0.2, 0) is 16.1 Å². The molecule has 4 heteroatoms. The number of hydrogen-bond acceptors (Lipinski definition) is 2. The van der Waals surface area contributed by atoms with Gasteiger partial charge in [0.15, 0.2) is 0 Å². The van der Waals surface area contributed by atoms with Gasteiger partial charge < -0.3 is 10.2 Å². The molecule has 2 amide bonds. The maximum atomic E-state index is 12.3. The molecule has 0 fully saturated rings. The van der Waals surface area contributed by atoms with Gasteiger partial charge in [0, 0.05) is 18.5 Å². The fourth-order valence-electron chi connectivity index (χ4n) is 2.04. The molecule has 1 aromatic carbocycles. The van der Waals surface area contributed by atoms with Gasteiger partial charge in [0.25, 0.3) is 0 Å². The SMILES string of the molecule is CCC(=O)N(Cc1ccccc1)[C@H](C)C(=O)NC(C)(C)C. The van der Waals surface area contributed by atoms with E-state index in [9.17, 15) is 9.59 Å². The molecule has 1 aromatic rings. The summed E-state index contributed by atoms with van der Waals surface area (Å²) in [7, 11) is 0. The van der Waals surface area contributed by atoms with Gasteiger partial charge in [0.1, 0.15) is 6.04 Å². The Balaban J connectivity index is 2.87. The van der Waals surface area contributed by atoms with Gasteiger partial charge in [-0.15, -0.1) is 0 Å². The normalized spacial score (nSPS) is 12.6. The van der Waals surface area contributed by atoms with Crippen LogP contribution >= 0.6 is 0 Å². The molecule has 0 radical (unpaired) electrons. The first-order chi connectivity index (χ1) is 9.74. The minimum absolute atomic E-state index is 0.0181. The molecule has 116 valence electrons. The molecule has 0 aromatic heterocycles. The lowest BCUT2D eigenvalue weighted by Crippen LogP contribution is -2.52. The molecule has 0 aliphatic heterocycles. The number of nitrogens with one attached hydrogen (secondary N) is 1. The van der Waals surface area contributed by atoms with Crippen LogP contribution in [0.4, 0.5) is 0 Å². The van der Waals surface area contributed by atoms with Crippen LogP contribution in [0.2, 0.25) is 0 Å². The highest BCUT2D eigenvalue weighted by molar-refractivity contribution is 5.87. The molecule has 0 spiro atoms. The zero-order valence-corrected chi connectivity index (χ0v) is 13.6. The molecule has 0 aliphatic carbocycles. The van der Waals surface area contributed by atoms with Crippen molar-refractivity contribution in [2.24, 2.45) is 0 Å². The Morgan fingerprint density at radius 1 is 1.19 bits per heavy atom. The van der Waals surface area contributed by atoms with Crippen molar-refractivity contribution in [3.63, 3.8) is 0 Å². The minimum atomic E-state index is -0.489. The monoisotopic (exact) mass is 290 g/mol. The van der Waals surface area contributed by atoms with Crippen LogP contribution in [0.3, 0.4) is 0 Å². The van der Waals surface area contributed by atoms with Crippen LogP contribution in [0.1, 0.15) is 46.6 Å². The first-order valence-electron chi connectivity index (χ1n) is 7.40. The van der Waals surface area contributed by atoms with Crippen molar-refractivity contribution in [1.29, 1.82) is 0 Å². The Hall–Kier alpha value is -1.84. The second kappa shape index (κ2) is 7.25. The van der Waals surface area contributed by atoms with E-state index in [1.807, 2.05) is 58.0 Å². The Bertz CT molecular complexity index is 477. The predicted molar refractivity (Wildman–Crippen MR) is 84.6 cm³/mol. The van der Waals surface area contributed by atoms with Crippen LogP contribution in [0.15, 0.2) is 30.3 Å². The number of benzene rings is 1. The molecule has 0 heterocycles. The number of carbonyl (C=O) groups is 2. The highest BCUT2D eigenvalue weighted by atomic mass is 16.2. The van der Waals surface area contributed by atoms with E-state index < -0.39 is 6.04 Å². The highest BCUT2D eigenvalue weighted by Gasteiger charge is 2.27. The van der Waals surface area contributed by atoms with Crippen molar-refractivity contribution in [3.8, 4) is 0 Å². The number of nitrogens with zero attached hydrogens (tertiary/aromatic N) is 1. The summed E-state index contributed by atoms with van der Waals surface area (Å²) in [5.41, 5.74) is 0.716. The minimum Gasteiger partial charge on any atom is -0.350 e. The van der Waals surface area contributed by atoms with E-state index in [-0.39, 0.29) is 17.4 Å². The number of carbonyl (C=O) groups excluding carboxylic acids is 2. The fourth-order valence-corrected chi connectivity index (χ4v) is 2.04. The molecular formula is C17H26N2O2. The first-order valence-corrected chi connectivity index (χ1v) is 7.40. The van der Waals surface area contributed by atoms with Crippen LogP contribution in [-0.4, -0.2) is 28.3 Å². The highest BCUT2D eigenvalue weighted by Crippen LogP contribution is 2.11. The van der Waals surface area contributed by atoms with Gasteiger partial charge in [-0.25, -0.2) is 0 Å². The second-order valence-corrected chi connectivity index (χ2v) is 6.28. The summed E-state index contributed by atoms with van der Waals surface area (Å²) in [6.45, 7) is 9.83. The maximum absolute atomic E-state index is 12.3. The number of rotatable bonds is 5. The van der Waals surface area contributed by atoms with Crippen LogP contribution < -0.4 is 5.32 Å². The quantitative estimate of drug-likeness (QED) is 0.906. The largest absolute Gasteiger partial charge is 0.350 e. The third-order valence-corrected chi connectivity index (χ3v) is 3.16. The summed E-state index contributed by atoms with van der Waals surface area (Å²) in [6.07, 6.45) is 0.389. The van der Waals surface area contributed by atoms with E-state index in [1.165, 1.54) is 0 Å². The summed E-state index contributed by atoms with van der Waals surface area (Å²) in [6, 6.07) is 9.24. The van der Waals surface area contributed by atoms with Gasteiger partial charge >= 0.3 is 0 Å². The molecule has 0 bridgehead atoms. The lowest BCUT2D eigenvalue weighted by molar-refractivity contribution is -0.141. The Kier molecular flexibility index (Phi) is 5.94. The molecular weight excluding hydrogens is 264 g/mol. The van der Waals surface area contributed by atoms with E-state index in [2.05, 4.69) is 5.32 Å². The van der Waals surface area contributed by atoms with Gasteiger partial charge in [0.2, 0.25) is 11.8 Å². The Morgan fingerprint density at radius 2 is 1.76 bits per heavy atom. The summed E-state index contributed by atoms with van der Waals surface area (Å²) >= 11 is 0. The Labute approximate surface area is 127 Å². The molecule has 0 unspecified atom stereocenters. The van der Waals surface area contributed by atoms with Crippen LogP contribution in [0.5, 0.6) is 0 Å². The lowest BCUT2D eigenvalue weighted by atomic mass is 10.1. The maximum Gasteiger partial charge on any atom is 0.242 e. The van der Waals surface area contributed by atoms with Gasteiger partial charge in [-0.3, -0.25) is 9.59 Å². The van der Waals surface area contributed by atoms with E-state index in [0.29, 0.717) is 13.0 Å². The van der Waals surface area contributed by atoms with Crippen LogP contribution in [0, 0.1) is 0 Å². The summed E-state index contributed by atoms with van der Waals surface area (Å²) < 4.78 is 0. The Morgan fingerprint density at radius 3 is 2.24 bits per heavy atom. The molecule has 0 aliphatic rings. The summed E-state index contributed by atoms with van der Waals surface area (Å²) in [5.74, 6) is -0.143. The van der Waals surface area contributed by atoms with Crippen molar-refractivity contribution >= 4 is 11.8 Å². The van der Waals surface area contributed by atoms with Crippen LogP contribution in [0.25, 0.3) is 0 Å². The van der Waals surface area contributed by atoms with E-state index in [0.717, 1.165) is 5.56 Å². The summed E-state index contributed by atoms with van der Waals surface area (Å²) in [4.78, 5) is 26.1. The van der Waals surface area contributed by atoms with E-state index >= 15 is 0 Å². The zero-order valence-electron chi connectivity index (χ0n) is 13.6. The third kappa shape index (κ3) is 5.58. The van der Waals surface area contributed by atoms with Gasteiger partial charge in [0.05, 0.1) is 0 Å². The topological polar surface area (TPSA) is 49.4 Å². The zero-order chi connectivity index (χ0) is 16.0. The van der Waals surface area contributed by atoms with Crippen molar-refractivity contribution < 1.29 is 9.59 Å². The molecule has 4 nitrogen and oxygen atoms in total. The molecule has 21 heavy (non-hydrogen) atoms. The van der Waals surface area contributed by atoms with Crippen molar-refractivity contribution in [2.75, 3.05) is 0 Å². The molecule has 1 rings (SSSR count). The summed E-state index contributed by atoms with van der Waals surface area (Å²) in [5, 5.41) is 2.93. The molecule has 1 atom stereocenters. The van der Waals surface area contributed by atoms with E-state index in [4.69, 9.17) is 0 Å². The molecule has 0 saturated heterocycles. The van der Waals surface area contributed by atoms with Crippen molar-refractivity contribution in [1.82, 2.24) is 10.2 Å².